The molecule has 14 heavy (non-hydrogen) atoms. The highest BCUT2D eigenvalue weighted by Gasteiger charge is 2.08. The number of amides is 1. The zero-order valence-electron chi connectivity index (χ0n) is 8.36. The lowest BCUT2D eigenvalue weighted by Crippen LogP contribution is -2.25. The molecular weight excluding hydrogens is 196 g/mol. The summed E-state index contributed by atoms with van der Waals surface area (Å²) in [6, 6.07) is 0. The third kappa shape index (κ3) is 3.30. The van der Waals surface area contributed by atoms with Gasteiger partial charge in [0.1, 0.15) is 0 Å². The van der Waals surface area contributed by atoms with Gasteiger partial charge in [-0.05, 0) is 13.0 Å². The molecule has 0 radical (unpaired) electrons. The van der Waals surface area contributed by atoms with Gasteiger partial charge in [0.2, 0.25) is 5.91 Å². The summed E-state index contributed by atoms with van der Waals surface area (Å²) in [5, 5.41) is 5.82. The zero-order valence-corrected chi connectivity index (χ0v) is 9.17. The molecule has 0 bridgehead atoms. The second-order valence-corrected chi connectivity index (χ2v) is 3.94. The first-order valence-electron chi connectivity index (χ1n) is 4.54. The van der Waals surface area contributed by atoms with Gasteiger partial charge in [0.15, 0.2) is 0 Å². The fourth-order valence-corrected chi connectivity index (χ4v) is 1.73. The molecule has 0 aliphatic carbocycles. The molecule has 3 nitrogen and oxygen atoms in total. The summed E-state index contributed by atoms with van der Waals surface area (Å²) in [4.78, 5) is 15.3. The van der Waals surface area contributed by atoms with E-state index in [-0.39, 0.29) is 11.8 Å². The van der Waals surface area contributed by atoms with Crippen molar-refractivity contribution in [1.82, 2.24) is 10.3 Å². The number of hydrogen-bond donors (Lipinski definition) is 1. The van der Waals surface area contributed by atoms with Crippen molar-refractivity contribution in [1.29, 1.82) is 0 Å². The molecule has 0 aromatic carbocycles. The Morgan fingerprint density at radius 3 is 3.14 bits per heavy atom. The van der Waals surface area contributed by atoms with Crippen molar-refractivity contribution in [2.75, 3.05) is 6.54 Å². The van der Waals surface area contributed by atoms with Crippen molar-refractivity contribution in [3.05, 3.63) is 28.7 Å². The molecule has 1 aromatic heterocycles. The standard InChI is InChI=1S/C10H14N2OS/c1-3-4-9(13)12-7-8(2)10-11-5-6-14-10/h3-6,8H,7H2,1-2H3,(H,12,13)/b4-3+. The van der Waals surface area contributed by atoms with Gasteiger partial charge in [0.05, 0.1) is 5.01 Å². The van der Waals surface area contributed by atoms with Gasteiger partial charge >= 0.3 is 0 Å². The van der Waals surface area contributed by atoms with Gasteiger partial charge in [-0.3, -0.25) is 4.79 Å². The second-order valence-electron chi connectivity index (χ2n) is 3.02. The van der Waals surface area contributed by atoms with Crippen LogP contribution < -0.4 is 5.32 Å². The smallest absolute Gasteiger partial charge is 0.243 e. The minimum atomic E-state index is -0.0455. The molecule has 0 aliphatic rings. The topological polar surface area (TPSA) is 42.0 Å². The summed E-state index contributed by atoms with van der Waals surface area (Å²) in [5.74, 6) is 0.236. The molecule has 1 amide bonds. The number of carbonyl (C=O) groups is 1. The van der Waals surface area contributed by atoms with Crippen LogP contribution in [0.2, 0.25) is 0 Å². The van der Waals surface area contributed by atoms with Crippen LogP contribution in [-0.2, 0) is 4.79 Å². The van der Waals surface area contributed by atoms with E-state index < -0.39 is 0 Å². The maximum Gasteiger partial charge on any atom is 0.243 e. The Labute approximate surface area is 87.9 Å². The monoisotopic (exact) mass is 210 g/mol. The van der Waals surface area contributed by atoms with Crippen molar-refractivity contribution in [2.24, 2.45) is 0 Å². The van der Waals surface area contributed by atoms with Crippen LogP contribution in [-0.4, -0.2) is 17.4 Å². The van der Waals surface area contributed by atoms with Gasteiger partial charge in [-0.1, -0.05) is 13.0 Å². The third-order valence-corrected chi connectivity index (χ3v) is 2.78. The zero-order chi connectivity index (χ0) is 10.4. The summed E-state index contributed by atoms with van der Waals surface area (Å²) >= 11 is 1.62. The Hall–Kier alpha value is -1.16. The largest absolute Gasteiger partial charge is 0.352 e. The summed E-state index contributed by atoms with van der Waals surface area (Å²) < 4.78 is 0. The lowest BCUT2D eigenvalue weighted by Gasteiger charge is -2.07. The number of rotatable bonds is 4. The first-order valence-corrected chi connectivity index (χ1v) is 5.42. The fourth-order valence-electron chi connectivity index (χ4n) is 1.03. The molecule has 0 saturated heterocycles. The van der Waals surface area contributed by atoms with E-state index in [4.69, 9.17) is 0 Å². The molecule has 1 atom stereocenters. The Kier molecular flexibility index (Phi) is 4.32. The van der Waals surface area contributed by atoms with E-state index in [2.05, 4.69) is 17.2 Å². The summed E-state index contributed by atoms with van der Waals surface area (Å²) in [7, 11) is 0. The lowest BCUT2D eigenvalue weighted by molar-refractivity contribution is -0.116. The predicted octanol–water partition coefficient (Wildman–Crippen LogP) is 1.94. The van der Waals surface area contributed by atoms with Crippen molar-refractivity contribution in [2.45, 2.75) is 19.8 Å². The van der Waals surface area contributed by atoms with Crippen molar-refractivity contribution >= 4 is 17.2 Å². The molecule has 0 saturated carbocycles. The van der Waals surface area contributed by atoms with Gasteiger partial charge in [-0.25, -0.2) is 4.98 Å². The number of aromatic nitrogens is 1. The van der Waals surface area contributed by atoms with Crippen LogP contribution in [0.4, 0.5) is 0 Å². The minimum absolute atomic E-state index is 0.0455. The van der Waals surface area contributed by atoms with Crippen molar-refractivity contribution < 1.29 is 4.79 Å². The van der Waals surface area contributed by atoms with Gasteiger partial charge in [-0.2, -0.15) is 0 Å². The lowest BCUT2D eigenvalue weighted by atomic mass is 10.2. The molecular formula is C10H14N2OS. The number of allylic oxidation sites excluding steroid dienone is 1. The quantitative estimate of drug-likeness (QED) is 0.772. The van der Waals surface area contributed by atoms with Gasteiger partial charge in [0, 0.05) is 24.0 Å². The summed E-state index contributed by atoms with van der Waals surface area (Å²) in [5.41, 5.74) is 0. The predicted molar refractivity (Wildman–Crippen MR) is 58.4 cm³/mol. The molecule has 1 N–H and O–H groups in total. The van der Waals surface area contributed by atoms with E-state index in [1.807, 2.05) is 12.3 Å². The molecule has 0 aliphatic heterocycles. The minimum Gasteiger partial charge on any atom is -0.352 e. The highest BCUT2D eigenvalue weighted by molar-refractivity contribution is 7.09. The third-order valence-electron chi connectivity index (χ3n) is 1.77. The molecule has 1 heterocycles. The van der Waals surface area contributed by atoms with E-state index in [9.17, 15) is 4.79 Å². The summed E-state index contributed by atoms with van der Waals surface area (Å²) in [6.45, 7) is 4.51. The highest BCUT2D eigenvalue weighted by atomic mass is 32.1. The number of hydrogen-bond acceptors (Lipinski definition) is 3. The van der Waals surface area contributed by atoms with E-state index in [0.29, 0.717) is 6.54 Å². The maximum atomic E-state index is 11.1. The molecule has 1 rings (SSSR count). The SMILES string of the molecule is C/C=C/C(=O)NCC(C)c1nccs1. The molecule has 4 heteroatoms. The normalized spacial score (nSPS) is 13.0. The van der Waals surface area contributed by atoms with Crippen LogP contribution >= 0.6 is 11.3 Å². The molecule has 1 aromatic rings. The van der Waals surface area contributed by atoms with Crippen LogP contribution in [0.25, 0.3) is 0 Å². The van der Waals surface area contributed by atoms with Crippen molar-refractivity contribution in [3.63, 3.8) is 0 Å². The van der Waals surface area contributed by atoms with Gasteiger partial charge in [0.25, 0.3) is 0 Å². The second kappa shape index (κ2) is 5.54. The Balaban J connectivity index is 2.35. The number of nitrogens with one attached hydrogen (secondary N) is 1. The van der Waals surface area contributed by atoms with Crippen LogP contribution in [0.5, 0.6) is 0 Å². The van der Waals surface area contributed by atoms with E-state index >= 15 is 0 Å². The van der Waals surface area contributed by atoms with Crippen LogP contribution in [0.3, 0.4) is 0 Å². The molecule has 1 unspecified atom stereocenters. The Morgan fingerprint density at radius 1 is 1.79 bits per heavy atom. The Morgan fingerprint density at radius 2 is 2.57 bits per heavy atom. The van der Waals surface area contributed by atoms with Crippen LogP contribution in [0, 0.1) is 0 Å². The molecule has 76 valence electrons. The number of thiazole rings is 1. The van der Waals surface area contributed by atoms with E-state index in [1.165, 1.54) is 6.08 Å². The number of nitrogens with zero attached hydrogens (tertiary/aromatic N) is 1. The van der Waals surface area contributed by atoms with Gasteiger partial charge in [-0.15, -0.1) is 11.3 Å². The number of carbonyl (C=O) groups excluding carboxylic acids is 1. The van der Waals surface area contributed by atoms with Crippen molar-refractivity contribution in [3.8, 4) is 0 Å². The Bertz CT molecular complexity index is 306. The first kappa shape index (κ1) is 10.9. The average molecular weight is 210 g/mol. The van der Waals surface area contributed by atoms with Crippen LogP contribution in [0.15, 0.2) is 23.7 Å². The maximum absolute atomic E-state index is 11.1. The van der Waals surface area contributed by atoms with Crippen LogP contribution in [0.1, 0.15) is 24.8 Å². The van der Waals surface area contributed by atoms with Gasteiger partial charge < -0.3 is 5.32 Å². The van der Waals surface area contributed by atoms with E-state index in [0.717, 1.165) is 5.01 Å². The molecule has 0 fully saturated rings. The highest BCUT2D eigenvalue weighted by Crippen LogP contribution is 2.16. The fraction of sp³-hybridized carbons (Fsp3) is 0.400. The van der Waals surface area contributed by atoms with E-state index in [1.54, 1.807) is 23.6 Å². The average Bonchev–Trinajstić information content (AvgIpc) is 2.67. The summed E-state index contributed by atoms with van der Waals surface area (Å²) in [6.07, 6.45) is 5.03. The molecule has 0 spiro atoms. The first-order chi connectivity index (χ1) is 6.74.